The van der Waals surface area contributed by atoms with Crippen molar-refractivity contribution in [2.24, 2.45) is 0 Å². The van der Waals surface area contributed by atoms with Crippen molar-refractivity contribution >= 4 is 67.1 Å². The molecule has 0 saturated carbocycles. The fourth-order valence-corrected chi connectivity index (χ4v) is 24.0. The summed E-state index contributed by atoms with van der Waals surface area (Å²) in [6.07, 6.45) is 5.93. The molecule has 1 saturated heterocycles. The van der Waals surface area contributed by atoms with Crippen LogP contribution in [0.25, 0.3) is 10.9 Å². The molecule has 0 bridgehead atoms. The van der Waals surface area contributed by atoms with Crippen LogP contribution in [0, 0.1) is 5.82 Å². The molecule has 1 aromatic carbocycles. The Hall–Kier alpha value is -0.801. The van der Waals surface area contributed by atoms with Crippen LogP contribution in [0.15, 0.2) is 6.07 Å². The van der Waals surface area contributed by atoms with Gasteiger partial charge in [-0.05, 0) is 0 Å². The number of piperazine rings is 1. The number of hydrogen-bond donors (Lipinski definition) is 1. The van der Waals surface area contributed by atoms with Crippen LogP contribution in [-0.2, 0) is 0 Å². The molecule has 2 heterocycles. The van der Waals surface area contributed by atoms with Crippen LogP contribution in [0.3, 0.4) is 0 Å². The number of carboxylic acid groups (broad SMARTS) is 1. The number of nitrogens with zero attached hydrogens (tertiary/aromatic N) is 3. The van der Waals surface area contributed by atoms with Crippen LogP contribution in [0.2, 0.25) is 18.3 Å². The van der Waals surface area contributed by atoms with E-state index in [2.05, 4.69) is 30.0 Å². The Kier molecular flexibility index (Phi) is 9.95. The molecule has 2 aromatic rings. The van der Waals surface area contributed by atoms with Crippen molar-refractivity contribution in [2.75, 3.05) is 31.1 Å². The Morgan fingerprint density at radius 2 is 1.64 bits per heavy atom. The van der Waals surface area contributed by atoms with Gasteiger partial charge in [0.1, 0.15) is 0 Å². The summed E-state index contributed by atoms with van der Waals surface area (Å²) >= 11 is 5.18. The van der Waals surface area contributed by atoms with Crippen LogP contribution in [0.4, 0.5) is 14.2 Å². The topological polar surface area (TPSA) is 56.7 Å². The zero-order valence-electron chi connectivity index (χ0n) is 20.1. The molecule has 0 radical (unpaired) electrons. The van der Waals surface area contributed by atoms with E-state index in [0.29, 0.717) is 36.7 Å². The maximum absolute atomic E-state index is 16.3. The predicted octanol–water partition coefficient (Wildman–Crippen LogP) is 6.94. The first-order valence-electron chi connectivity index (χ1n) is 12.4. The molecule has 1 aliphatic heterocycles. The third kappa shape index (κ3) is 5.89. The van der Waals surface area contributed by atoms with E-state index in [9.17, 15) is 9.90 Å². The van der Waals surface area contributed by atoms with Gasteiger partial charge in [0.25, 0.3) is 0 Å². The number of benzene rings is 1. The van der Waals surface area contributed by atoms with E-state index >= 15 is 4.39 Å². The normalized spacial score (nSPS) is 14.9. The fourth-order valence-electron chi connectivity index (χ4n) is 5.11. The number of amides is 1. The van der Waals surface area contributed by atoms with Crippen LogP contribution >= 0.6 is 23.1 Å². The van der Waals surface area contributed by atoms with E-state index in [1.807, 2.05) is 6.07 Å². The summed E-state index contributed by atoms with van der Waals surface area (Å²) in [6, 6.07) is 1.97. The molecule has 0 spiro atoms. The van der Waals surface area contributed by atoms with Gasteiger partial charge in [-0.1, -0.05) is 0 Å². The molecule has 1 N–H and O–H groups in total. The standard InChI is InChI=1S/C12H10ClFN3O2S.3C4H9.Sn/c13-7-5-8-10(9(14)6-7)15-20-11(8)16-1-3-17(4-2-16)12(18)19;3*1-3-4-2;/h5H,1-4H2,(H,18,19);3*1,3-4H2,2H3;. The van der Waals surface area contributed by atoms with Crippen molar-refractivity contribution in [3.8, 4) is 0 Å². The van der Waals surface area contributed by atoms with E-state index in [1.165, 1.54) is 16.4 Å². The quantitative estimate of drug-likeness (QED) is 0.282. The van der Waals surface area contributed by atoms with Gasteiger partial charge < -0.3 is 0 Å². The Morgan fingerprint density at radius 1 is 1.09 bits per heavy atom. The summed E-state index contributed by atoms with van der Waals surface area (Å²) in [5.41, 5.74) is 0.459. The van der Waals surface area contributed by atoms with E-state index in [0.717, 1.165) is 65.8 Å². The third-order valence-corrected chi connectivity index (χ3v) is 24.4. The van der Waals surface area contributed by atoms with Crippen LogP contribution in [0.1, 0.15) is 59.3 Å². The zero-order valence-corrected chi connectivity index (χ0v) is 24.6. The molecular weight excluding hydrogens is 568 g/mol. The average molecular weight is 605 g/mol. The number of fused-ring (bicyclic) bond motifs is 1. The van der Waals surface area contributed by atoms with Crippen molar-refractivity contribution in [3.63, 3.8) is 0 Å². The molecule has 0 atom stereocenters. The SMILES string of the molecule is CCC[CH2][Sn]([CH2]CCC)([CH2]CCC)[c]1c(Cl)cc2c(N3CCN(C(=O)O)CC3)snc2c1F. The molecule has 33 heavy (non-hydrogen) atoms. The predicted molar refractivity (Wildman–Crippen MR) is 141 cm³/mol. The molecule has 1 amide bonds. The first kappa shape index (κ1) is 26.8. The Labute approximate surface area is 210 Å². The van der Waals surface area contributed by atoms with E-state index in [1.54, 1.807) is 0 Å². The van der Waals surface area contributed by atoms with Crippen LogP contribution in [-0.4, -0.2) is 65.0 Å². The molecular formula is C24H37ClFN3O2SSn. The van der Waals surface area contributed by atoms with E-state index in [4.69, 9.17) is 11.6 Å². The fraction of sp³-hybridized carbons (Fsp3) is 0.667. The molecule has 184 valence electrons. The number of rotatable bonds is 11. The minimum atomic E-state index is -3.08. The second-order valence-corrected chi connectivity index (χ2v) is 23.5. The molecule has 0 unspecified atom stereocenters. The van der Waals surface area contributed by atoms with Gasteiger partial charge in [-0.25, -0.2) is 0 Å². The van der Waals surface area contributed by atoms with Crippen molar-refractivity contribution in [1.82, 2.24) is 9.27 Å². The Bertz CT molecular complexity index is 928. The number of unbranched alkanes of at least 4 members (excludes halogenated alkanes) is 3. The summed E-state index contributed by atoms with van der Waals surface area (Å²) in [7, 11) is 0. The molecule has 9 heteroatoms. The summed E-state index contributed by atoms with van der Waals surface area (Å²) in [4.78, 5) is 14.8. The summed E-state index contributed by atoms with van der Waals surface area (Å²) < 4.78 is 25.2. The van der Waals surface area contributed by atoms with E-state index in [-0.39, 0.29) is 5.82 Å². The number of hydrogen-bond acceptors (Lipinski definition) is 4. The summed E-state index contributed by atoms with van der Waals surface area (Å²) in [5.74, 6) is -0.164. The first-order valence-corrected chi connectivity index (χ1v) is 21.0. The summed E-state index contributed by atoms with van der Waals surface area (Å²) in [5, 5.41) is 11.5. The van der Waals surface area contributed by atoms with Crippen LogP contribution in [0.5, 0.6) is 0 Å². The van der Waals surface area contributed by atoms with Crippen molar-refractivity contribution < 1.29 is 14.3 Å². The van der Waals surface area contributed by atoms with Crippen LogP contribution < -0.4 is 8.48 Å². The van der Waals surface area contributed by atoms with Gasteiger partial charge in [0.05, 0.1) is 0 Å². The molecule has 1 fully saturated rings. The minimum absolute atomic E-state index is 0.164. The molecule has 1 aromatic heterocycles. The van der Waals surface area contributed by atoms with Crippen molar-refractivity contribution in [3.05, 3.63) is 16.9 Å². The maximum atomic E-state index is 16.3. The average Bonchev–Trinajstić information content (AvgIpc) is 3.23. The monoisotopic (exact) mass is 605 g/mol. The van der Waals surface area contributed by atoms with Gasteiger partial charge >= 0.3 is 211 Å². The van der Waals surface area contributed by atoms with Gasteiger partial charge in [-0.15, -0.1) is 0 Å². The van der Waals surface area contributed by atoms with Gasteiger partial charge in [0.2, 0.25) is 0 Å². The summed E-state index contributed by atoms with van der Waals surface area (Å²) in [6.45, 7) is 8.69. The number of halogens is 2. The van der Waals surface area contributed by atoms with Gasteiger partial charge in [-0.2, -0.15) is 0 Å². The van der Waals surface area contributed by atoms with Crippen molar-refractivity contribution in [1.29, 1.82) is 0 Å². The van der Waals surface area contributed by atoms with E-state index < -0.39 is 24.5 Å². The van der Waals surface area contributed by atoms with Gasteiger partial charge in [0, 0.05) is 0 Å². The van der Waals surface area contributed by atoms with Crippen molar-refractivity contribution in [2.45, 2.75) is 72.6 Å². The molecule has 5 nitrogen and oxygen atoms in total. The molecule has 3 rings (SSSR count). The number of anilines is 1. The van der Waals surface area contributed by atoms with Gasteiger partial charge in [0.15, 0.2) is 0 Å². The molecule has 0 aliphatic carbocycles. The number of carbonyl (C=O) groups is 1. The van der Waals surface area contributed by atoms with Gasteiger partial charge in [-0.3, -0.25) is 0 Å². The molecule has 1 aliphatic rings. The first-order chi connectivity index (χ1) is 15.9. The second kappa shape index (κ2) is 12.2. The Balaban J connectivity index is 2.03. The zero-order chi connectivity index (χ0) is 24.0. The Morgan fingerprint density at radius 3 is 2.12 bits per heavy atom. The number of aromatic nitrogens is 1. The second-order valence-electron chi connectivity index (χ2n) is 9.28. The third-order valence-electron chi connectivity index (χ3n) is 7.04.